The second-order valence-electron chi connectivity index (χ2n) is 5.33. The van der Waals surface area contributed by atoms with E-state index in [1.807, 2.05) is 6.07 Å². The van der Waals surface area contributed by atoms with Crippen LogP contribution in [-0.4, -0.2) is 23.0 Å². The van der Waals surface area contributed by atoms with Crippen molar-refractivity contribution in [1.29, 1.82) is 0 Å². The number of thiocarbonyl (C=S) groups is 1. The Balaban J connectivity index is 2.06. The second kappa shape index (κ2) is 6.44. The first kappa shape index (κ1) is 14.4. The molecule has 1 unspecified atom stereocenters. The van der Waals surface area contributed by atoms with Crippen LogP contribution in [0.4, 0.5) is 4.39 Å². The minimum atomic E-state index is -0.332. The molecule has 104 valence electrons. The van der Waals surface area contributed by atoms with Gasteiger partial charge in [0.05, 0.1) is 0 Å². The Labute approximate surface area is 119 Å². The van der Waals surface area contributed by atoms with Crippen molar-refractivity contribution in [2.24, 2.45) is 11.7 Å². The molecule has 1 heterocycles. The van der Waals surface area contributed by atoms with Crippen molar-refractivity contribution in [3.05, 3.63) is 35.1 Å². The van der Waals surface area contributed by atoms with Gasteiger partial charge in [0.2, 0.25) is 0 Å². The normalized spacial score (nSPS) is 20.4. The van der Waals surface area contributed by atoms with Gasteiger partial charge in [-0.15, -0.1) is 0 Å². The summed E-state index contributed by atoms with van der Waals surface area (Å²) in [4.78, 5) is 2.57. The number of benzene rings is 1. The fourth-order valence-corrected chi connectivity index (χ4v) is 2.90. The highest BCUT2D eigenvalue weighted by molar-refractivity contribution is 7.80. The lowest BCUT2D eigenvalue weighted by atomic mass is 9.95. The summed E-state index contributed by atoms with van der Waals surface area (Å²) in [6.07, 6.45) is 3.81. The van der Waals surface area contributed by atoms with E-state index < -0.39 is 0 Å². The van der Waals surface area contributed by atoms with Crippen LogP contribution >= 0.6 is 12.2 Å². The van der Waals surface area contributed by atoms with E-state index in [0.29, 0.717) is 5.56 Å². The number of piperidine rings is 1. The van der Waals surface area contributed by atoms with Gasteiger partial charge in [0.25, 0.3) is 0 Å². The molecule has 0 amide bonds. The van der Waals surface area contributed by atoms with E-state index in [1.54, 1.807) is 6.07 Å². The van der Waals surface area contributed by atoms with Gasteiger partial charge in [-0.2, -0.15) is 0 Å². The molecule has 0 bridgehead atoms. The quantitative estimate of drug-likeness (QED) is 0.859. The Morgan fingerprint density at radius 2 is 2.32 bits per heavy atom. The summed E-state index contributed by atoms with van der Waals surface area (Å²) in [5, 5.41) is 0. The van der Waals surface area contributed by atoms with Crippen molar-refractivity contribution < 1.29 is 4.39 Å². The number of likely N-dealkylation sites (tertiary alicyclic amines) is 1. The molecule has 0 aromatic heterocycles. The van der Waals surface area contributed by atoms with Crippen LogP contribution in [0.5, 0.6) is 0 Å². The maximum absolute atomic E-state index is 13.5. The van der Waals surface area contributed by atoms with Gasteiger partial charge in [0.15, 0.2) is 0 Å². The predicted octanol–water partition coefficient (Wildman–Crippen LogP) is 3.08. The largest absolute Gasteiger partial charge is 0.389 e. The fraction of sp³-hybridized carbons (Fsp3) is 0.533. The highest BCUT2D eigenvalue weighted by Crippen LogP contribution is 2.21. The maximum Gasteiger partial charge on any atom is 0.133 e. The van der Waals surface area contributed by atoms with Crippen LogP contribution in [0, 0.1) is 11.7 Å². The SMILES string of the molecule is CCC1CCCN(Cc2ccc(F)c(C(N)=S)c2)C1. The van der Waals surface area contributed by atoms with Crippen molar-refractivity contribution in [3.63, 3.8) is 0 Å². The van der Waals surface area contributed by atoms with E-state index >= 15 is 0 Å². The van der Waals surface area contributed by atoms with E-state index in [-0.39, 0.29) is 10.8 Å². The topological polar surface area (TPSA) is 29.3 Å². The minimum Gasteiger partial charge on any atom is -0.389 e. The molecule has 1 aliphatic rings. The molecular weight excluding hydrogens is 259 g/mol. The van der Waals surface area contributed by atoms with Crippen molar-refractivity contribution in [3.8, 4) is 0 Å². The van der Waals surface area contributed by atoms with E-state index in [0.717, 1.165) is 31.1 Å². The Kier molecular flexibility index (Phi) is 4.88. The van der Waals surface area contributed by atoms with E-state index in [4.69, 9.17) is 18.0 Å². The lowest BCUT2D eigenvalue weighted by Gasteiger charge is -2.32. The second-order valence-corrected chi connectivity index (χ2v) is 5.77. The van der Waals surface area contributed by atoms with Gasteiger partial charge in [-0.3, -0.25) is 4.90 Å². The number of hydrogen-bond donors (Lipinski definition) is 1. The monoisotopic (exact) mass is 280 g/mol. The standard InChI is InChI=1S/C15H21FN2S/c1-2-11-4-3-7-18(9-11)10-12-5-6-14(16)13(8-12)15(17)19/h5-6,8,11H,2-4,7,9-10H2,1H3,(H2,17,19). The van der Waals surface area contributed by atoms with Crippen LogP contribution in [0.1, 0.15) is 37.3 Å². The van der Waals surface area contributed by atoms with Crippen molar-refractivity contribution in [2.75, 3.05) is 13.1 Å². The van der Waals surface area contributed by atoms with Gasteiger partial charge in [0.1, 0.15) is 10.8 Å². The number of rotatable bonds is 4. The average molecular weight is 280 g/mol. The highest BCUT2D eigenvalue weighted by atomic mass is 32.1. The van der Waals surface area contributed by atoms with Crippen molar-refractivity contribution in [1.82, 2.24) is 4.90 Å². The Bertz CT molecular complexity index is 461. The molecule has 0 radical (unpaired) electrons. The first-order valence-corrected chi connectivity index (χ1v) is 7.31. The Morgan fingerprint density at radius 3 is 3.00 bits per heavy atom. The van der Waals surface area contributed by atoms with Crippen LogP contribution in [0.3, 0.4) is 0 Å². The summed E-state index contributed by atoms with van der Waals surface area (Å²) in [6.45, 7) is 5.36. The third-order valence-corrected chi connectivity index (χ3v) is 4.10. The van der Waals surface area contributed by atoms with Crippen LogP contribution < -0.4 is 5.73 Å². The molecule has 0 aliphatic carbocycles. The Morgan fingerprint density at radius 1 is 1.53 bits per heavy atom. The molecule has 2 rings (SSSR count). The Hall–Kier alpha value is -1.00. The van der Waals surface area contributed by atoms with Gasteiger partial charge >= 0.3 is 0 Å². The number of nitrogens with two attached hydrogens (primary N) is 1. The van der Waals surface area contributed by atoms with Gasteiger partial charge in [-0.1, -0.05) is 31.6 Å². The first-order valence-electron chi connectivity index (χ1n) is 6.90. The number of hydrogen-bond acceptors (Lipinski definition) is 2. The van der Waals surface area contributed by atoms with Gasteiger partial charge in [0, 0.05) is 18.7 Å². The molecule has 1 aliphatic heterocycles. The zero-order valence-corrected chi connectivity index (χ0v) is 12.2. The average Bonchev–Trinajstić information content (AvgIpc) is 2.41. The summed E-state index contributed by atoms with van der Waals surface area (Å²) in [5.74, 6) is 0.464. The van der Waals surface area contributed by atoms with E-state index in [9.17, 15) is 4.39 Å². The summed E-state index contributed by atoms with van der Waals surface area (Å²) in [7, 11) is 0. The molecule has 19 heavy (non-hydrogen) atoms. The summed E-state index contributed by atoms with van der Waals surface area (Å²) < 4.78 is 13.5. The lowest BCUT2D eigenvalue weighted by Crippen LogP contribution is -2.34. The molecular formula is C15H21FN2S. The molecule has 1 fully saturated rings. The molecule has 1 aromatic carbocycles. The first-order chi connectivity index (χ1) is 9.10. The molecule has 0 spiro atoms. The zero-order chi connectivity index (χ0) is 13.8. The van der Waals surface area contributed by atoms with E-state index in [2.05, 4.69) is 11.8 Å². The van der Waals surface area contributed by atoms with Gasteiger partial charge in [-0.25, -0.2) is 4.39 Å². The van der Waals surface area contributed by atoms with Crippen molar-refractivity contribution >= 4 is 17.2 Å². The molecule has 1 aromatic rings. The summed E-state index contributed by atoms with van der Waals surface area (Å²) in [6, 6.07) is 5.07. The van der Waals surface area contributed by atoms with Crippen LogP contribution in [0.15, 0.2) is 18.2 Å². The third kappa shape index (κ3) is 3.74. The van der Waals surface area contributed by atoms with E-state index in [1.165, 1.54) is 25.3 Å². The molecule has 4 heteroatoms. The highest BCUT2D eigenvalue weighted by Gasteiger charge is 2.18. The van der Waals surface area contributed by atoms with Gasteiger partial charge < -0.3 is 5.73 Å². The third-order valence-electron chi connectivity index (χ3n) is 3.88. The molecule has 2 N–H and O–H groups in total. The molecule has 2 nitrogen and oxygen atoms in total. The van der Waals surface area contributed by atoms with Gasteiger partial charge in [-0.05, 0) is 43.0 Å². The summed E-state index contributed by atoms with van der Waals surface area (Å²) in [5.41, 5.74) is 6.98. The lowest BCUT2D eigenvalue weighted by molar-refractivity contribution is 0.164. The van der Waals surface area contributed by atoms with Crippen LogP contribution in [-0.2, 0) is 6.54 Å². The predicted molar refractivity (Wildman–Crippen MR) is 80.6 cm³/mol. The smallest absolute Gasteiger partial charge is 0.133 e. The number of halogens is 1. The number of nitrogens with zero attached hydrogens (tertiary/aromatic N) is 1. The molecule has 0 saturated carbocycles. The molecule has 1 saturated heterocycles. The summed E-state index contributed by atoms with van der Waals surface area (Å²) >= 11 is 4.88. The van der Waals surface area contributed by atoms with Crippen LogP contribution in [0.2, 0.25) is 0 Å². The minimum absolute atomic E-state index is 0.129. The molecule has 1 atom stereocenters. The van der Waals surface area contributed by atoms with Crippen molar-refractivity contribution in [2.45, 2.75) is 32.7 Å². The zero-order valence-electron chi connectivity index (χ0n) is 11.4. The maximum atomic E-state index is 13.5. The fourth-order valence-electron chi connectivity index (χ4n) is 2.75. The van der Waals surface area contributed by atoms with Crippen LogP contribution in [0.25, 0.3) is 0 Å².